The highest BCUT2D eigenvalue weighted by molar-refractivity contribution is 5.79. The van der Waals surface area contributed by atoms with E-state index in [0.717, 1.165) is 62.4 Å². The van der Waals surface area contributed by atoms with Crippen LogP contribution in [-0.4, -0.2) is 71.2 Å². The summed E-state index contributed by atoms with van der Waals surface area (Å²) in [5.74, 6) is 3.06. The molecule has 9 heteroatoms. The molecule has 0 aliphatic carbocycles. The first-order valence-corrected chi connectivity index (χ1v) is 12.1. The molecule has 5 rings (SSSR count). The number of likely N-dealkylation sites (tertiary alicyclic amines) is 2. The van der Waals surface area contributed by atoms with Crippen LogP contribution in [0.4, 0.5) is 0 Å². The van der Waals surface area contributed by atoms with E-state index in [4.69, 9.17) is 14.0 Å². The zero-order valence-electron chi connectivity index (χ0n) is 20.2. The topological polar surface area (TPSA) is 93.8 Å². The lowest BCUT2D eigenvalue weighted by molar-refractivity contribution is -0.133. The van der Waals surface area contributed by atoms with Gasteiger partial charge in [0.1, 0.15) is 17.2 Å². The summed E-state index contributed by atoms with van der Waals surface area (Å²) in [6.07, 6.45) is 5.41. The molecule has 2 aliphatic rings. The van der Waals surface area contributed by atoms with Gasteiger partial charge in [-0.1, -0.05) is 11.2 Å². The number of ether oxygens (including phenoxy) is 2. The molecule has 4 heterocycles. The maximum absolute atomic E-state index is 13.3. The van der Waals surface area contributed by atoms with E-state index in [1.807, 2.05) is 41.3 Å². The van der Waals surface area contributed by atoms with Crippen LogP contribution >= 0.6 is 0 Å². The van der Waals surface area contributed by atoms with E-state index in [0.29, 0.717) is 24.0 Å². The number of benzene rings is 1. The van der Waals surface area contributed by atoms with Crippen LogP contribution in [0.2, 0.25) is 0 Å². The zero-order valence-corrected chi connectivity index (χ0v) is 20.2. The van der Waals surface area contributed by atoms with Crippen molar-refractivity contribution in [2.24, 2.45) is 0 Å². The Hall–Kier alpha value is -3.46. The predicted molar refractivity (Wildman–Crippen MR) is 129 cm³/mol. The van der Waals surface area contributed by atoms with Gasteiger partial charge in [0.05, 0.1) is 26.8 Å². The summed E-state index contributed by atoms with van der Waals surface area (Å²) < 4.78 is 16.5. The first-order chi connectivity index (χ1) is 17.2. The summed E-state index contributed by atoms with van der Waals surface area (Å²) >= 11 is 0. The zero-order chi connectivity index (χ0) is 24.2. The minimum absolute atomic E-state index is 0.0318. The molecule has 0 spiro atoms. The van der Waals surface area contributed by atoms with Crippen molar-refractivity contribution in [2.75, 3.05) is 40.4 Å². The number of methoxy groups -OCH3 is 2. The second-order valence-corrected chi connectivity index (χ2v) is 9.07. The molecule has 35 heavy (non-hydrogen) atoms. The van der Waals surface area contributed by atoms with Crippen molar-refractivity contribution in [2.45, 2.75) is 37.6 Å². The molecular weight excluding hydrogens is 446 g/mol. The molecule has 1 unspecified atom stereocenters. The van der Waals surface area contributed by atoms with Crippen LogP contribution in [0.15, 0.2) is 47.1 Å². The number of nitrogens with zero attached hydrogens (tertiary/aromatic N) is 5. The summed E-state index contributed by atoms with van der Waals surface area (Å²) in [5.41, 5.74) is 1.75. The molecule has 1 atom stereocenters. The van der Waals surface area contributed by atoms with Gasteiger partial charge in [0.15, 0.2) is 0 Å². The van der Waals surface area contributed by atoms with Gasteiger partial charge in [-0.25, -0.2) is 0 Å². The van der Waals surface area contributed by atoms with Gasteiger partial charge in [-0.05, 0) is 63.0 Å². The van der Waals surface area contributed by atoms with Crippen molar-refractivity contribution in [3.63, 3.8) is 0 Å². The van der Waals surface area contributed by atoms with E-state index >= 15 is 0 Å². The van der Waals surface area contributed by atoms with E-state index in [-0.39, 0.29) is 17.9 Å². The minimum atomic E-state index is 0.0318. The number of carbonyl (C=O) groups is 1. The Morgan fingerprint density at radius 3 is 2.69 bits per heavy atom. The lowest BCUT2D eigenvalue weighted by atomic mass is 9.96. The molecule has 1 aromatic carbocycles. The highest BCUT2D eigenvalue weighted by Gasteiger charge is 2.34. The van der Waals surface area contributed by atoms with E-state index < -0.39 is 0 Å². The normalized spacial score (nSPS) is 19.1. The van der Waals surface area contributed by atoms with Gasteiger partial charge in [0, 0.05) is 30.3 Å². The van der Waals surface area contributed by atoms with Crippen molar-refractivity contribution in [1.29, 1.82) is 0 Å². The highest BCUT2D eigenvalue weighted by atomic mass is 16.5. The number of piperidine rings is 1. The van der Waals surface area contributed by atoms with Crippen LogP contribution in [0.1, 0.15) is 49.1 Å². The molecule has 2 aliphatic heterocycles. The standard InChI is InChI=1S/C26H31N5O4/c1-33-19-8-9-20(23(16-19)34-2)22-7-5-13-31(22)24(32)17-30-14-10-18(11-15-30)26-28-25(29-35-26)21-6-3-4-12-27-21/h3-4,6,8-9,12,16,18,22H,5,7,10-11,13-15,17H2,1-2H3. The van der Waals surface area contributed by atoms with Crippen LogP contribution in [0, 0.1) is 0 Å². The monoisotopic (exact) mass is 477 g/mol. The third-order valence-corrected chi connectivity index (χ3v) is 7.00. The van der Waals surface area contributed by atoms with Crippen LogP contribution in [-0.2, 0) is 4.79 Å². The van der Waals surface area contributed by atoms with E-state index in [1.165, 1.54) is 0 Å². The smallest absolute Gasteiger partial charge is 0.237 e. The Bertz CT molecular complexity index is 1140. The number of pyridine rings is 1. The first-order valence-electron chi connectivity index (χ1n) is 12.1. The number of rotatable bonds is 7. The van der Waals surface area contributed by atoms with Crippen LogP contribution in [0.25, 0.3) is 11.5 Å². The number of hydrogen-bond acceptors (Lipinski definition) is 8. The summed E-state index contributed by atoms with van der Waals surface area (Å²) in [5, 5.41) is 4.10. The Labute approximate surface area is 205 Å². The number of carbonyl (C=O) groups excluding carboxylic acids is 1. The van der Waals surface area contributed by atoms with Crippen molar-refractivity contribution < 1.29 is 18.8 Å². The Morgan fingerprint density at radius 1 is 1.09 bits per heavy atom. The molecule has 9 nitrogen and oxygen atoms in total. The van der Waals surface area contributed by atoms with Crippen molar-refractivity contribution in [3.05, 3.63) is 54.0 Å². The minimum Gasteiger partial charge on any atom is -0.497 e. The summed E-state index contributed by atoms with van der Waals surface area (Å²) in [4.78, 5) is 26.4. The second kappa shape index (κ2) is 10.4. The molecule has 1 amide bonds. The summed E-state index contributed by atoms with van der Waals surface area (Å²) in [7, 11) is 3.30. The van der Waals surface area contributed by atoms with E-state index in [1.54, 1.807) is 20.4 Å². The first kappa shape index (κ1) is 23.3. The van der Waals surface area contributed by atoms with Crippen molar-refractivity contribution >= 4 is 5.91 Å². The molecule has 0 N–H and O–H groups in total. The molecule has 0 saturated carbocycles. The Morgan fingerprint density at radius 2 is 1.94 bits per heavy atom. The van der Waals surface area contributed by atoms with E-state index in [9.17, 15) is 4.79 Å². The molecular formula is C26H31N5O4. The maximum atomic E-state index is 13.3. The van der Waals surface area contributed by atoms with Gasteiger partial charge in [0.2, 0.25) is 17.6 Å². The Kier molecular flexibility index (Phi) is 6.94. The van der Waals surface area contributed by atoms with Crippen molar-refractivity contribution in [3.8, 4) is 23.0 Å². The molecule has 2 saturated heterocycles. The lowest BCUT2D eigenvalue weighted by Gasteiger charge is -2.33. The molecule has 0 radical (unpaired) electrons. The third-order valence-electron chi connectivity index (χ3n) is 7.00. The van der Waals surface area contributed by atoms with Gasteiger partial charge >= 0.3 is 0 Å². The molecule has 3 aromatic rings. The molecule has 2 aromatic heterocycles. The van der Waals surface area contributed by atoms with Gasteiger partial charge in [-0.2, -0.15) is 4.98 Å². The molecule has 184 valence electrons. The average molecular weight is 478 g/mol. The average Bonchev–Trinajstić information content (AvgIpc) is 3.60. The largest absolute Gasteiger partial charge is 0.497 e. The van der Waals surface area contributed by atoms with Crippen LogP contribution < -0.4 is 9.47 Å². The van der Waals surface area contributed by atoms with E-state index in [2.05, 4.69) is 20.0 Å². The van der Waals surface area contributed by atoms with Crippen molar-refractivity contribution in [1.82, 2.24) is 24.9 Å². The van der Waals surface area contributed by atoms with Gasteiger partial charge in [-0.15, -0.1) is 0 Å². The molecule has 0 bridgehead atoms. The summed E-state index contributed by atoms with van der Waals surface area (Å²) in [6.45, 7) is 2.84. The summed E-state index contributed by atoms with van der Waals surface area (Å²) in [6, 6.07) is 11.5. The van der Waals surface area contributed by atoms with Crippen LogP contribution in [0.5, 0.6) is 11.5 Å². The quantitative estimate of drug-likeness (QED) is 0.509. The molecule has 2 fully saturated rings. The van der Waals surface area contributed by atoms with Crippen LogP contribution in [0.3, 0.4) is 0 Å². The lowest BCUT2D eigenvalue weighted by Crippen LogP contribution is -2.43. The van der Waals surface area contributed by atoms with Gasteiger partial charge in [-0.3, -0.25) is 14.7 Å². The predicted octanol–water partition coefficient (Wildman–Crippen LogP) is 3.69. The number of hydrogen-bond donors (Lipinski definition) is 0. The number of amides is 1. The highest BCUT2D eigenvalue weighted by Crippen LogP contribution is 2.39. The number of aromatic nitrogens is 3. The maximum Gasteiger partial charge on any atom is 0.237 e. The fourth-order valence-electron chi connectivity index (χ4n) is 5.10. The fraction of sp³-hybridized carbons (Fsp3) is 0.462. The van der Waals surface area contributed by atoms with Gasteiger partial charge in [0.25, 0.3) is 0 Å². The Balaban J connectivity index is 1.18. The second-order valence-electron chi connectivity index (χ2n) is 9.07. The fourth-order valence-corrected chi connectivity index (χ4v) is 5.10. The van der Waals surface area contributed by atoms with Gasteiger partial charge < -0.3 is 18.9 Å². The SMILES string of the molecule is COc1ccc(C2CCCN2C(=O)CN2CCC(c3nc(-c4ccccn4)no3)CC2)c(OC)c1. The third kappa shape index (κ3) is 5.00.